The molecule has 0 aliphatic rings. The van der Waals surface area contributed by atoms with Gasteiger partial charge < -0.3 is 25.3 Å². The Kier molecular flexibility index (Phi) is 6.54. The minimum Gasteiger partial charge on any atom is -0.508 e. The topological polar surface area (TPSA) is 136 Å². The van der Waals surface area contributed by atoms with Gasteiger partial charge in [0.05, 0.1) is 6.42 Å². The fraction of sp³-hybridized carbons (Fsp3) is 0.222. The highest BCUT2D eigenvalue weighted by atomic mass is 16.6. The van der Waals surface area contributed by atoms with E-state index in [0.29, 0.717) is 11.1 Å². The van der Waals surface area contributed by atoms with Crippen LogP contribution in [0.5, 0.6) is 17.2 Å². The Bertz CT molecular complexity index is 774. The summed E-state index contributed by atoms with van der Waals surface area (Å²) in [5.74, 6) is -2.21. The van der Waals surface area contributed by atoms with E-state index in [0.717, 1.165) is 0 Å². The molecule has 5 N–H and O–H groups in total. The van der Waals surface area contributed by atoms with Gasteiger partial charge in [0.15, 0.2) is 11.5 Å². The third-order valence-electron chi connectivity index (χ3n) is 3.69. The van der Waals surface area contributed by atoms with E-state index in [2.05, 4.69) is 0 Å². The average Bonchev–Trinajstić information content (AvgIpc) is 2.62. The Labute approximate surface area is 149 Å². The SMILES string of the molecule is O=C(CCc1ccc(O)c(O)c1)OC(=O)C(Cc1ccc(O)cc1)NO. The van der Waals surface area contributed by atoms with Crippen LogP contribution in [0, 0.1) is 0 Å². The van der Waals surface area contributed by atoms with Crippen molar-refractivity contribution in [3.05, 3.63) is 53.6 Å². The molecule has 0 amide bonds. The summed E-state index contributed by atoms with van der Waals surface area (Å²) >= 11 is 0. The van der Waals surface area contributed by atoms with Gasteiger partial charge in [-0.25, -0.2) is 4.79 Å². The van der Waals surface area contributed by atoms with E-state index in [1.165, 1.54) is 30.3 Å². The maximum absolute atomic E-state index is 12.0. The third kappa shape index (κ3) is 5.47. The number of rotatable bonds is 7. The number of carbonyl (C=O) groups excluding carboxylic acids is 2. The average molecular weight is 361 g/mol. The van der Waals surface area contributed by atoms with E-state index >= 15 is 0 Å². The second-order valence-electron chi connectivity index (χ2n) is 5.67. The number of phenols is 3. The first-order valence-electron chi connectivity index (χ1n) is 7.82. The summed E-state index contributed by atoms with van der Waals surface area (Å²) in [5, 5.41) is 37.0. The molecule has 1 atom stereocenters. The van der Waals surface area contributed by atoms with Crippen LogP contribution in [0.2, 0.25) is 0 Å². The molecule has 2 aromatic rings. The van der Waals surface area contributed by atoms with Crippen LogP contribution >= 0.6 is 0 Å². The number of phenolic OH excluding ortho intramolecular Hbond substituents is 3. The molecule has 138 valence electrons. The van der Waals surface area contributed by atoms with Crippen LogP contribution in [0.25, 0.3) is 0 Å². The number of ether oxygens (including phenoxy) is 1. The quantitative estimate of drug-likeness (QED) is 0.216. The third-order valence-corrected chi connectivity index (χ3v) is 3.69. The lowest BCUT2D eigenvalue weighted by atomic mass is 10.1. The maximum Gasteiger partial charge on any atom is 0.333 e. The number of hydroxylamine groups is 1. The van der Waals surface area contributed by atoms with Crippen molar-refractivity contribution in [2.45, 2.75) is 25.3 Å². The van der Waals surface area contributed by atoms with E-state index < -0.39 is 18.0 Å². The van der Waals surface area contributed by atoms with Crippen molar-refractivity contribution in [2.24, 2.45) is 0 Å². The predicted octanol–water partition coefficient (Wildman–Crippen LogP) is 1.40. The Hall–Kier alpha value is -3.10. The van der Waals surface area contributed by atoms with E-state index in [-0.39, 0.29) is 36.5 Å². The van der Waals surface area contributed by atoms with Gasteiger partial charge in [-0.05, 0) is 41.8 Å². The molecule has 0 saturated carbocycles. The number of nitrogens with one attached hydrogen (secondary N) is 1. The van der Waals surface area contributed by atoms with Gasteiger partial charge in [-0.1, -0.05) is 18.2 Å². The summed E-state index contributed by atoms with van der Waals surface area (Å²) in [5.41, 5.74) is 3.05. The largest absolute Gasteiger partial charge is 0.508 e. The van der Waals surface area contributed by atoms with Gasteiger partial charge >= 0.3 is 11.9 Å². The monoisotopic (exact) mass is 361 g/mol. The zero-order valence-electron chi connectivity index (χ0n) is 13.8. The Morgan fingerprint density at radius 3 is 2.23 bits per heavy atom. The lowest BCUT2D eigenvalue weighted by molar-refractivity contribution is -0.162. The van der Waals surface area contributed by atoms with Crippen LogP contribution in [0.1, 0.15) is 17.5 Å². The minimum atomic E-state index is -1.14. The molecule has 0 aliphatic carbocycles. The minimum absolute atomic E-state index is 0.0642. The number of hydrogen-bond donors (Lipinski definition) is 5. The van der Waals surface area contributed by atoms with Crippen molar-refractivity contribution < 1.29 is 34.9 Å². The Balaban J connectivity index is 1.86. The van der Waals surface area contributed by atoms with Gasteiger partial charge in [0.1, 0.15) is 11.8 Å². The number of esters is 2. The highest BCUT2D eigenvalue weighted by Gasteiger charge is 2.22. The molecule has 0 fully saturated rings. The highest BCUT2D eigenvalue weighted by Crippen LogP contribution is 2.25. The lowest BCUT2D eigenvalue weighted by Gasteiger charge is -2.13. The number of aromatic hydroxyl groups is 3. The molecule has 0 aliphatic heterocycles. The predicted molar refractivity (Wildman–Crippen MR) is 89.7 cm³/mol. The molecule has 0 bridgehead atoms. The van der Waals surface area contributed by atoms with Crippen molar-refractivity contribution in [1.82, 2.24) is 5.48 Å². The summed E-state index contributed by atoms with van der Waals surface area (Å²) in [6, 6.07) is 9.03. The molecular weight excluding hydrogens is 342 g/mol. The lowest BCUT2D eigenvalue weighted by Crippen LogP contribution is -2.39. The normalized spacial score (nSPS) is 11.7. The summed E-state index contributed by atoms with van der Waals surface area (Å²) in [4.78, 5) is 23.8. The van der Waals surface area contributed by atoms with Crippen molar-refractivity contribution in [3.63, 3.8) is 0 Å². The first-order valence-corrected chi connectivity index (χ1v) is 7.82. The maximum atomic E-state index is 12.0. The zero-order valence-corrected chi connectivity index (χ0v) is 13.8. The fourth-order valence-electron chi connectivity index (χ4n) is 2.25. The van der Waals surface area contributed by atoms with Crippen molar-refractivity contribution in [1.29, 1.82) is 0 Å². The molecule has 0 radical (unpaired) electrons. The van der Waals surface area contributed by atoms with E-state index in [1.54, 1.807) is 12.1 Å². The molecule has 8 heteroatoms. The van der Waals surface area contributed by atoms with Gasteiger partial charge in [-0.15, -0.1) is 0 Å². The number of hydrogen-bond acceptors (Lipinski definition) is 8. The van der Waals surface area contributed by atoms with Gasteiger partial charge in [0.25, 0.3) is 0 Å². The van der Waals surface area contributed by atoms with Crippen LogP contribution in [0.4, 0.5) is 0 Å². The molecular formula is C18H19NO7. The molecule has 2 aromatic carbocycles. The van der Waals surface area contributed by atoms with Gasteiger partial charge in [0, 0.05) is 6.42 Å². The second-order valence-corrected chi connectivity index (χ2v) is 5.67. The standard InChI is InChI=1S/C18H19NO7/c20-13-5-1-11(2-6-13)9-14(19-25)18(24)26-17(23)8-4-12-3-7-15(21)16(22)10-12/h1-3,5-7,10,14,19-22,25H,4,8-9H2. The fourth-order valence-corrected chi connectivity index (χ4v) is 2.25. The van der Waals surface area contributed by atoms with Crippen LogP contribution < -0.4 is 5.48 Å². The smallest absolute Gasteiger partial charge is 0.333 e. The number of aryl methyl sites for hydroxylation is 1. The molecule has 1 unspecified atom stereocenters. The highest BCUT2D eigenvalue weighted by molar-refractivity contribution is 5.88. The summed E-state index contributed by atoms with van der Waals surface area (Å²) in [7, 11) is 0. The van der Waals surface area contributed by atoms with Gasteiger partial charge in [-0.2, -0.15) is 5.48 Å². The molecule has 0 aromatic heterocycles. The second kappa shape index (κ2) is 8.84. The Morgan fingerprint density at radius 1 is 0.962 bits per heavy atom. The Morgan fingerprint density at radius 2 is 1.62 bits per heavy atom. The van der Waals surface area contributed by atoms with Crippen molar-refractivity contribution in [2.75, 3.05) is 0 Å². The van der Waals surface area contributed by atoms with Gasteiger partial charge in [0.2, 0.25) is 0 Å². The summed E-state index contributed by atoms with van der Waals surface area (Å²) in [6.07, 6.45) is 0.150. The van der Waals surface area contributed by atoms with Crippen LogP contribution in [0.3, 0.4) is 0 Å². The molecule has 26 heavy (non-hydrogen) atoms. The summed E-state index contributed by atoms with van der Waals surface area (Å²) in [6.45, 7) is 0. The van der Waals surface area contributed by atoms with Crippen LogP contribution in [-0.2, 0) is 27.2 Å². The molecule has 2 rings (SSSR count). The van der Waals surface area contributed by atoms with Crippen LogP contribution in [-0.4, -0.2) is 38.5 Å². The van der Waals surface area contributed by atoms with E-state index in [9.17, 15) is 24.9 Å². The first kappa shape index (κ1) is 19.2. The summed E-state index contributed by atoms with van der Waals surface area (Å²) < 4.78 is 4.71. The number of carbonyl (C=O) groups is 2. The van der Waals surface area contributed by atoms with Crippen LogP contribution in [0.15, 0.2) is 42.5 Å². The van der Waals surface area contributed by atoms with E-state index in [1.807, 2.05) is 5.48 Å². The molecule has 0 heterocycles. The van der Waals surface area contributed by atoms with E-state index in [4.69, 9.17) is 9.94 Å². The zero-order chi connectivity index (χ0) is 19.1. The van der Waals surface area contributed by atoms with Crippen molar-refractivity contribution in [3.8, 4) is 17.2 Å². The molecule has 0 spiro atoms. The molecule has 0 saturated heterocycles. The molecule has 8 nitrogen and oxygen atoms in total. The number of benzene rings is 2. The van der Waals surface area contributed by atoms with Gasteiger partial charge in [-0.3, -0.25) is 4.79 Å². The first-order chi connectivity index (χ1) is 12.4. The van der Waals surface area contributed by atoms with Crippen molar-refractivity contribution >= 4 is 11.9 Å².